The Balaban J connectivity index is 2.66. The van der Waals surface area contributed by atoms with Gasteiger partial charge in [-0.1, -0.05) is 23.2 Å². The van der Waals surface area contributed by atoms with Crippen LogP contribution in [0.25, 0.3) is 11.3 Å². The second-order valence-corrected chi connectivity index (χ2v) is 4.61. The maximum Gasteiger partial charge on any atom is 0.197 e. The quantitative estimate of drug-likeness (QED) is 0.778. The highest BCUT2D eigenvalue weighted by atomic mass is 35.5. The monoisotopic (exact) mass is 270 g/mol. The van der Waals surface area contributed by atoms with Crippen molar-refractivity contribution >= 4 is 35.4 Å². The number of nitrogens with one attached hydrogen (secondary N) is 1. The molecule has 0 unspecified atom stereocenters. The zero-order valence-electron chi connectivity index (χ0n) is 8.42. The fourth-order valence-electron chi connectivity index (χ4n) is 1.41. The molecule has 0 radical (unpaired) electrons. The Morgan fingerprint density at radius 3 is 2.69 bits per heavy atom. The van der Waals surface area contributed by atoms with Crippen LogP contribution in [0.3, 0.4) is 0 Å². The minimum Gasteiger partial charge on any atom is -0.335 e. The predicted molar refractivity (Wildman–Crippen MR) is 69.6 cm³/mol. The summed E-state index contributed by atoms with van der Waals surface area (Å²) in [5, 5.41) is 1.23. The molecule has 16 heavy (non-hydrogen) atoms. The number of aromatic nitrogens is 2. The number of halogens is 2. The minimum atomic E-state index is 0.436. The van der Waals surface area contributed by atoms with Gasteiger partial charge in [-0.05, 0) is 43.4 Å². The van der Waals surface area contributed by atoms with Crippen LogP contribution in [0, 0.1) is 11.7 Å². The van der Waals surface area contributed by atoms with Crippen molar-refractivity contribution in [3.05, 3.63) is 44.8 Å². The van der Waals surface area contributed by atoms with Gasteiger partial charge in [-0.25, -0.2) is 4.98 Å². The molecule has 0 amide bonds. The number of benzene rings is 1. The van der Waals surface area contributed by atoms with Gasteiger partial charge in [-0.3, -0.25) is 0 Å². The third-order valence-corrected chi connectivity index (χ3v) is 2.84. The first-order chi connectivity index (χ1) is 7.56. The zero-order valence-corrected chi connectivity index (χ0v) is 10.7. The van der Waals surface area contributed by atoms with Crippen molar-refractivity contribution in [2.24, 2.45) is 0 Å². The molecular formula is C11H8Cl2N2S. The average Bonchev–Trinajstić information content (AvgIpc) is 2.20. The number of hydrogen-bond donors (Lipinski definition) is 1. The molecule has 1 heterocycles. The number of hydrogen-bond acceptors (Lipinski definition) is 2. The molecule has 0 aliphatic heterocycles. The summed E-state index contributed by atoms with van der Waals surface area (Å²) < 4.78 is 0.436. The lowest BCUT2D eigenvalue weighted by atomic mass is 10.1. The molecule has 0 aliphatic carbocycles. The van der Waals surface area contributed by atoms with Crippen molar-refractivity contribution in [1.29, 1.82) is 0 Å². The van der Waals surface area contributed by atoms with Gasteiger partial charge in [0, 0.05) is 16.3 Å². The number of rotatable bonds is 1. The van der Waals surface area contributed by atoms with E-state index < -0.39 is 0 Å². The lowest BCUT2D eigenvalue weighted by Crippen LogP contribution is -1.91. The smallest absolute Gasteiger partial charge is 0.197 e. The van der Waals surface area contributed by atoms with E-state index in [0.29, 0.717) is 14.8 Å². The number of aromatic amines is 1. The molecule has 1 aromatic heterocycles. The second-order valence-electron chi connectivity index (χ2n) is 3.38. The van der Waals surface area contributed by atoms with Crippen molar-refractivity contribution in [1.82, 2.24) is 9.97 Å². The highest BCUT2D eigenvalue weighted by molar-refractivity contribution is 7.71. The molecule has 2 rings (SSSR count). The Morgan fingerprint density at radius 2 is 2.00 bits per heavy atom. The summed E-state index contributed by atoms with van der Waals surface area (Å²) in [5.41, 5.74) is 2.46. The standard InChI is InChI=1S/C11H8Cl2N2S/c1-6-4-10(15-11(16)14-6)8-5-7(12)2-3-9(8)13/h2-5H,1H3,(H,14,15,16). The van der Waals surface area contributed by atoms with Crippen molar-refractivity contribution in [3.8, 4) is 11.3 Å². The lowest BCUT2D eigenvalue weighted by molar-refractivity contribution is 1.08. The van der Waals surface area contributed by atoms with Crippen LogP contribution >= 0.6 is 35.4 Å². The van der Waals surface area contributed by atoms with Crippen LogP contribution in [0.2, 0.25) is 10.0 Å². The first kappa shape index (κ1) is 11.6. The van der Waals surface area contributed by atoms with E-state index in [1.807, 2.05) is 13.0 Å². The molecule has 0 atom stereocenters. The molecule has 82 valence electrons. The van der Waals surface area contributed by atoms with Crippen molar-refractivity contribution < 1.29 is 0 Å². The summed E-state index contributed by atoms with van der Waals surface area (Å²) in [5.74, 6) is 0. The molecular weight excluding hydrogens is 263 g/mol. The first-order valence-corrected chi connectivity index (χ1v) is 5.76. The van der Waals surface area contributed by atoms with Crippen LogP contribution in [0.1, 0.15) is 5.69 Å². The van der Waals surface area contributed by atoms with Crippen molar-refractivity contribution in [2.75, 3.05) is 0 Å². The Labute approximate surface area is 108 Å². The van der Waals surface area contributed by atoms with Crippen molar-refractivity contribution in [2.45, 2.75) is 6.92 Å². The van der Waals surface area contributed by atoms with Gasteiger partial charge >= 0.3 is 0 Å². The zero-order chi connectivity index (χ0) is 11.7. The van der Waals surface area contributed by atoms with E-state index in [0.717, 1.165) is 17.0 Å². The lowest BCUT2D eigenvalue weighted by Gasteiger charge is -2.05. The van der Waals surface area contributed by atoms with Gasteiger partial charge in [-0.15, -0.1) is 0 Å². The number of H-pyrrole nitrogens is 1. The van der Waals surface area contributed by atoms with Gasteiger partial charge in [0.1, 0.15) is 0 Å². The van der Waals surface area contributed by atoms with Crippen LogP contribution in [0.15, 0.2) is 24.3 Å². The van der Waals surface area contributed by atoms with E-state index >= 15 is 0 Å². The van der Waals surface area contributed by atoms with Crippen LogP contribution < -0.4 is 0 Å². The first-order valence-electron chi connectivity index (χ1n) is 4.59. The highest BCUT2D eigenvalue weighted by Crippen LogP contribution is 2.29. The van der Waals surface area contributed by atoms with Crippen molar-refractivity contribution in [3.63, 3.8) is 0 Å². The molecule has 0 saturated carbocycles. The van der Waals surface area contributed by atoms with Gasteiger partial charge in [-0.2, -0.15) is 0 Å². The van der Waals surface area contributed by atoms with E-state index in [2.05, 4.69) is 9.97 Å². The summed E-state index contributed by atoms with van der Waals surface area (Å²) in [4.78, 5) is 7.16. The molecule has 0 aliphatic rings. The molecule has 0 spiro atoms. The molecule has 0 saturated heterocycles. The van der Waals surface area contributed by atoms with E-state index in [9.17, 15) is 0 Å². The van der Waals surface area contributed by atoms with Crippen LogP contribution in [0.4, 0.5) is 0 Å². The van der Waals surface area contributed by atoms with E-state index in [1.54, 1.807) is 18.2 Å². The molecule has 0 fully saturated rings. The topological polar surface area (TPSA) is 28.7 Å². The third kappa shape index (κ3) is 2.43. The van der Waals surface area contributed by atoms with Crippen LogP contribution in [-0.2, 0) is 0 Å². The van der Waals surface area contributed by atoms with E-state index in [4.69, 9.17) is 35.4 Å². The summed E-state index contributed by atoms with van der Waals surface area (Å²) in [6, 6.07) is 7.15. The maximum atomic E-state index is 6.09. The Bertz CT molecular complexity index is 593. The van der Waals surface area contributed by atoms with Gasteiger partial charge in [0.2, 0.25) is 0 Å². The molecule has 0 bridgehead atoms. The molecule has 2 aromatic rings. The third-order valence-electron chi connectivity index (χ3n) is 2.08. The van der Waals surface area contributed by atoms with E-state index in [1.165, 1.54) is 0 Å². The van der Waals surface area contributed by atoms with Crippen LogP contribution in [0.5, 0.6) is 0 Å². The van der Waals surface area contributed by atoms with Gasteiger partial charge in [0.05, 0.1) is 10.7 Å². The summed E-state index contributed by atoms with van der Waals surface area (Å²) in [7, 11) is 0. The Kier molecular flexibility index (Phi) is 3.28. The molecule has 1 aromatic carbocycles. The fraction of sp³-hybridized carbons (Fsp3) is 0.0909. The number of aryl methyl sites for hydroxylation is 1. The Hall–Kier alpha value is -0.900. The second kappa shape index (κ2) is 4.53. The van der Waals surface area contributed by atoms with Gasteiger partial charge < -0.3 is 4.98 Å². The van der Waals surface area contributed by atoms with Gasteiger partial charge in [0.25, 0.3) is 0 Å². The SMILES string of the molecule is Cc1cc(-c2cc(Cl)ccc2Cl)nc(=S)[nH]1. The number of nitrogens with zero attached hydrogens (tertiary/aromatic N) is 1. The summed E-state index contributed by atoms with van der Waals surface area (Å²) >= 11 is 17.0. The fourth-order valence-corrected chi connectivity index (χ4v) is 2.06. The van der Waals surface area contributed by atoms with Crippen LogP contribution in [-0.4, -0.2) is 9.97 Å². The highest BCUT2D eigenvalue weighted by Gasteiger charge is 2.06. The van der Waals surface area contributed by atoms with E-state index in [-0.39, 0.29) is 0 Å². The molecule has 1 N–H and O–H groups in total. The molecule has 2 nitrogen and oxygen atoms in total. The summed E-state index contributed by atoms with van der Waals surface area (Å²) in [6.07, 6.45) is 0. The Morgan fingerprint density at radius 1 is 1.25 bits per heavy atom. The largest absolute Gasteiger partial charge is 0.335 e. The average molecular weight is 271 g/mol. The summed E-state index contributed by atoms with van der Waals surface area (Å²) in [6.45, 7) is 1.92. The normalized spacial score (nSPS) is 10.4. The maximum absolute atomic E-state index is 6.09. The minimum absolute atomic E-state index is 0.436. The van der Waals surface area contributed by atoms with Gasteiger partial charge in [0.15, 0.2) is 4.77 Å². The predicted octanol–water partition coefficient (Wildman–Crippen LogP) is 4.42. The molecule has 5 heteroatoms.